The fourth-order valence-corrected chi connectivity index (χ4v) is 16.0. The maximum Gasteiger partial charge on any atom is 0.144 e. The molecule has 0 radical (unpaired) electrons. The SMILES string of the molecule is CC1(C)c2cc(N(c3ccc4c(c3)C(C)(C)c3c5c(c6oc7ccccc7c6c3-4)-c3ccccc3C5(C)C)c3cccc4ccccc34)ccc2-c2c1cc(-c1cccc3c1c1ccccc1n3-c1ccccc1)c1oc3ccccc3c21. The largest absolute Gasteiger partial charge is 0.455 e. The highest BCUT2D eigenvalue weighted by Crippen LogP contribution is 2.64. The van der Waals surface area contributed by atoms with E-state index in [1.807, 2.05) is 0 Å². The first-order valence-corrected chi connectivity index (χ1v) is 29.2. The second-order valence-corrected chi connectivity index (χ2v) is 25.1. The first-order valence-electron chi connectivity index (χ1n) is 29.2. The zero-order chi connectivity index (χ0) is 55.4. The van der Waals surface area contributed by atoms with Crippen molar-refractivity contribution in [3.05, 3.63) is 264 Å². The first kappa shape index (κ1) is 46.8. The van der Waals surface area contributed by atoms with Gasteiger partial charge in [-0.25, -0.2) is 0 Å². The van der Waals surface area contributed by atoms with Gasteiger partial charge in [0.05, 0.1) is 16.7 Å². The van der Waals surface area contributed by atoms with Crippen LogP contribution in [-0.4, -0.2) is 4.57 Å². The third kappa shape index (κ3) is 6.00. The van der Waals surface area contributed by atoms with Crippen molar-refractivity contribution in [2.75, 3.05) is 4.90 Å². The van der Waals surface area contributed by atoms with E-state index in [0.717, 1.165) is 67.0 Å². The summed E-state index contributed by atoms with van der Waals surface area (Å²) >= 11 is 0. The van der Waals surface area contributed by atoms with Gasteiger partial charge in [0.1, 0.15) is 22.3 Å². The van der Waals surface area contributed by atoms with E-state index in [2.05, 4.69) is 282 Å². The Balaban J connectivity index is 0.859. The molecule has 0 fully saturated rings. The van der Waals surface area contributed by atoms with Gasteiger partial charge in [-0.1, -0.05) is 199 Å². The number of aromatic nitrogens is 1. The van der Waals surface area contributed by atoms with Crippen LogP contribution in [0.15, 0.2) is 239 Å². The van der Waals surface area contributed by atoms with E-state index in [0.29, 0.717) is 0 Å². The van der Waals surface area contributed by atoms with Gasteiger partial charge in [0.25, 0.3) is 0 Å². The fraction of sp³-hybridized carbons (Fsp3) is 0.114. The molecule has 0 spiro atoms. The second-order valence-electron chi connectivity index (χ2n) is 25.1. The molecular formula is C79H56N2O2. The van der Waals surface area contributed by atoms with Crippen LogP contribution in [-0.2, 0) is 16.2 Å². The minimum absolute atomic E-state index is 0.250. The molecule has 4 heteroatoms. The van der Waals surface area contributed by atoms with Crippen molar-refractivity contribution in [3.63, 3.8) is 0 Å². The quantitative estimate of drug-likeness (QED) is 0.172. The molecule has 0 aliphatic heterocycles. The van der Waals surface area contributed by atoms with Gasteiger partial charge in [-0.2, -0.15) is 0 Å². The van der Waals surface area contributed by atoms with Gasteiger partial charge in [0, 0.05) is 82.1 Å². The van der Waals surface area contributed by atoms with Gasteiger partial charge >= 0.3 is 0 Å². The van der Waals surface area contributed by atoms with Gasteiger partial charge in [-0.3, -0.25) is 0 Å². The number of anilines is 3. The van der Waals surface area contributed by atoms with E-state index >= 15 is 0 Å². The van der Waals surface area contributed by atoms with Crippen molar-refractivity contribution in [2.24, 2.45) is 0 Å². The van der Waals surface area contributed by atoms with E-state index in [1.165, 1.54) is 110 Å². The number of furan rings is 2. The summed E-state index contributed by atoms with van der Waals surface area (Å²) in [6, 6.07) is 85.3. The van der Waals surface area contributed by atoms with E-state index in [9.17, 15) is 0 Å². The van der Waals surface area contributed by atoms with Gasteiger partial charge in [-0.15, -0.1) is 0 Å². The molecule has 0 saturated carbocycles. The lowest BCUT2D eigenvalue weighted by molar-refractivity contribution is 0.600. The highest BCUT2D eigenvalue weighted by Gasteiger charge is 2.49. The Hall–Kier alpha value is -9.90. The average molecular weight is 1070 g/mol. The van der Waals surface area contributed by atoms with Crippen molar-refractivity contribution in [1.82, 2.24) is 4.57 Å². The highest BCUT2D eigenvalue weighted by molar-refractivity contribution is 6.24. The Morgan fingerprint density at radius 1 is 0.337 bits per heavy atom. The predicted molar refractivity (Wildman–Crippen MR) is 346 cm³/mol. The summed E-state index contributed by atoms with van der Waals surface area (Å²) in [5.74, 6) is 0. The summed E-state index contributed by atoms with van der Waals surface area (Å²) < 4.78 is 16.6. The maximum absolute atomic E-state index is 7.17. The van der Waals surface area contributed by atoms with E-state index in [1.54, 1.807) is 0 Å². The summed E-state index contributed by atoms with van der Waals surface area (Å²) in [5.41, 5.74) is 27.5. The smallest absolute Gasteiger partial charge is 0.144 e. The third-order valence-corrected chi connectivity index (χ3v) is 19.7. The number of benzene rings is 12. The molecule has 3 heterocycles. The molecule has 15 aromatic rings. The summed E-state index contributed by atoms with van der Waals surface area (Å²) in [7, 11) is 0. The van der Waals surface area contributed by atoms with Gasteiger partial charge in [0.2, 0.25) is 0 Å². The highest BCUT2D eigenvalue weighted by atomic mass is 16.3. The Morgan fingerprint density at radius 2 is 0.867 bits per heavy atom. The fourth-order valence-electron chi connectivity index (χ4n) is 16.0. The summed E-state index contributed by atoms with van der Waals surface area (Å²) in [6.07, 6.45) is 0. The van der Waals surface area contributed by atoms with E-state index in [-0.39, 0.29) is 10.8 Å². The monoisotopic (exact) mass is 1060 g/mol. The Labute approximate surface area is 481 Å². The molecule has 12 aromatic carbocycles. The van der Waals surface area contributed by atoms with Crippen molar-refractivity contribution < 1.29 is 8.83 Å². The molecule has 394 valence electrons. The van der Waals surface area contributed by atoms with Crippen LogP contribution in [0, 0.1) is 0 Å². The lowest BCUT2D eigenvalue weighted by atomic mass is 9.72. The summed E-state index contributed by atoms with van der Waals surface area (Å²) in [4.78, 5) is 2.53. The van der Waals surface area contributed by atoms with E-state index < -0.39 is 5.41 Å². The molecule has 83 heavy (non-hydrogen) atoms. The molecule has 0 amide bonds. The van der Waals surface area contributed by atoms with Crippen LogP contribution in [0.1, 0.15) is 74.9 Å². The zero-order valence-corrected chi connectivity index (χ0v) is 47.2. The van der Waals surface area contributed by atoms with Crippen LogP contribution < -0.4 is 4.90 Å². The molecular weight excluding hydrogens is 1010 g/mol. The van der Waals surface area contributed by atoms with Crippen LogP contribution in [0.5, 0.6) is 0 Å². The van der Waals surface area contributed by atoms with Crippen LogP contribution in [0.3, 0.4) is 0 Å². The predicted octanol–water partition coefficient (Wildman–Crippen LogP) is 21.8. The number of rotatable bonds is 5. The number of fused-ring (bicyclic) bond motifs is 23. The topological polar surface area (TPSA) is 34.5 Å². The third-order valence-electron chi connectivity index (χ3n) is 19.7. The molecule has 0 bridgehead atoms. The van der Waals surface area contributed by atoms with Gasteiger partial charge < -0.3 is 18.3 Å². The van der Waals surface area contributed by atoms with Crippen molar-refractivity contribution >= 4 is 93.5 Å². The molecule has 3 aliphatic rings. The number of para-hydroxylation sites is 4. The Kier molecular flexibility index (Phi) is 9.12. The molecule has 0 N–H and O–H groups in total. The Morgan fingerprint density at radius 3 is 1.63 bits per heavy atom. The molecule has 0 saturated heterocycles. The Bertz CT molecular complexity index is 5360. The average Bonchev–Trinajstić information content (AvgIpc) is 3.69. The molecule has 3 aromatic heterocycles. The molecule has 3 aliphatic carbocycles. The van der Waals surface area contributed by atoms with Gasteiger partial charge in [-0.05, 0) is 145 Å². The molecule has 18 rings (SSSR count). The van der Waals surface area contributed by atoms with Gasteiger partial charge in [0.15, 0.2) is 0 Å². The standard InChI is InChI=1S/C79H56N2O2/c1-77(2)59-42-47(38-40-52(59)68-61(77)44-57(75-70(68)55-29-14-18-36-65(55)82-75)50-31-21-35-64-67(50)54-28-13-17-33-63(54)81(64)46-24-8-7-9-25-46)80(62-34-20-23-45-22-10-11-26-49(45)62)48-39-41-53-60(43-48)79(5,6)73-69(53)71-56-30-15-19-37-66(56)83-76(71)72-51-27-12-16-32-58(51)78(3,4)74(72)73/h7-44H,1-6H3. The number of nitrogens with zero attached hydrogens (tertiary/aromatic N) is 2. The summed E-state index contributed by atoms with van der Waals surface area (Å²) in [5, 5.41) is 9.51. The van der Waals surface area contributed by atoms with Crippen molar-refractivity contribution in [2.45, 2.75) is 57.8 Å². The minimum atomic E-state index is -0.399. The zero-order valence-electron chi connectivity index (χ0n) is 47.2. The van der Waals surface area contributed by atoms with Crippen LogP contribution >= 0.6 is 0 Å². The second kappa shape index (κ2) is 16.2. The number of hydrogen-bond donors (Lipinski definition) is 0. The molecule has 0 unspecified atom stereocenters. The van der Waals surface area contributed by atoms with Crippen molar-refractivity contribution in [3.8, 4) is 50.2 Å². The summed E-state index contributed by atoms with van der Waals surface area (Å²) in [6.45, 7) is 14.6. The molecule has 0 atom stereocenters. The first-order chi connectivity index (χ1) is 40.5. The maximum atomic E-state index is 7.17. The normalized spacial score (nSPS) is 14.9. The van der Waals surface area contributed by atoms with E-state index in [4.69, 9.17) is 8.83 Å². The van der Waals surface area contributed by atoms with Crippen LogP contribution in [0.4, 0.5) is 17.1 Å². The van der Waals surface area contributed by atoms with Crippen molar-refractivity contribution in [1.29, 1.82) is 0 Å². The van der Waals surface area contributed by atoms with Crippen LogP contribution in [0.2, 0.25) is 0 Å². The number of hydrogen-bond acceptors (Lipinski definition) is 3. The van der Waals surface area contributed by atoms with Crippen LogP contribution in [0.25, 0.3) is 127 Å². The minimum Gasteiger partial charge on any atom is -0.455 e. The molecule has 4 nitrogen and oxygen atoms in total. The lowest BCUT2D eigenvalue weighted by Crippen LogP contribution is -2.24. The lowest BCUT2D eigenvalue weighted by Gasteiger charge is -2.32.